The van der Waals surface area contributed by atoms with E-state index in [0.29, 0.717) is 29.4 Å². The summed E-state index contributed by atoms with van der Waals surface area (Å²) in [5, 5.41) is 11.5. The molecule has 4 N–H and O–H groups in total. The molecule has 6 nitrogen and oxygen atoms in total. The van der Waals surface area contributed by atoms with E-state index in [9.17, 15) is 9.18 Å². The monoisotopic (exact) mass is 363 g/mol. The summed E-state index contributed by atoms with van der Waals surface area (Å²) in [5.74, 6) is -1.06. The first-order chi connectivity index (χ1) is 12.0. The molecular formula is C17H19ClFN5O. The molecule has 1 saturated carbocycles. The van der Waals surface area contributed by atoms with Crippen molar-refractivity contribution in [2.24, 2.45) is 5.73 Å². The first-order valence-electron chi connectivity index (χ1n) is 8.35. The van der Waals surface area contributed by atoms with Crippen LogP contribution < -0.4 is 16.4 Å². The molecule has 8 heteroatoms. The Morgan fingerprint density at radius 1 is 1.48 bits per heavy atom. The maximum atomic E-state index is 13.5. The van der Waals surface area contributed by atoms with Gasteiger partial charge < -0.3 is 16.4 Å². The van der Waals surface area contributed by atoms with Crippen LogP contribution in [0, 0.1) is 5.82 Å². The van der Waals surface area contributed by atoms with Crippen LogP contribution in [0.15, 0.2) is 18.2 Å². The van der Waals surface area contributed by atoms with E-state index < -0.39 is 11.7 Å². The van der Waals surface area contributed by atoms with Crippen molar-refractivity contribution >= 4 is 17.5 Å². The third-order valence-electron chi connectivity index (χ3n) is 4.69. The summed E-state index contributed by atoms with van der Waals surface area (Å²) in [6.45, 7) is 2.05. The van der Waals surface area contributed by atoms with E-state index in [4.69, 9.17) is 17.3 Å². The molecule has 0 spiro atoms. The van der Waals surface area contributed by atoms with Crippen LogP contribution in [-0.2, 0) is 6.54 Å². The first-order valence-corrected chi connectivity index (χ1v) is 8.73. The van der Waals surface area contributed by atoms with Crippen molar-refractivity contribution in [2.45, 2.75) is 31.5 Å². The lowest BCUT2D eigenvalue weighted by atomic mass is 10.0. The van der Waals surface area contributed by atoms with Crippen LogP contribution in [0.3, 0.4) is 0 Å². The molecule has 4 rings (SSSR count). The fourth-order valence-electron chi connectivity index (χ4n) is 3.24. The van der Waals surface area contributed by atoms with Gasteiger partial charge in [-0.3, -0.25) is 9.48 Å². The van der Waals surface area contributed by atoms with Gasteiger partial charge >= 0.3 is 0 Å². The molecule has 0 radical (unpaired) electrons. The van der Waals surface area contributed by atoms with Crippen molar-refractivity contribution in [1.29, 1.82) is 0 Å². The number of fused-ring (bicyclic) bond motifs is 1. The number of hydrogen-bond donors (Lipinski definition) is 3. The third-order valence-corrected chi connectivity index (χ3v) is 4.98. The van der Waals surface area contributed by atoms with E-state index in [1.807, 2.05) is 4.68 Å². The van der Waals surface area contributed by atoms with E-state index >= 15 is 0 Å². The van der Waals surface area contributed by atoms with E-state index in [-0.39, 0.29) is 11.1 Å². The lowest BCUT2D eigenvalue weighted by molar-refractivity contribution is 0.0999. The van der Waals surface area contributed by atoms with Gasteiger partial charge in [-0.15, -0.1) is 0 Å². The zero-order chi connectivity index (χ0) is 17.6. The molecule has 1 aliphatic heterocycles. The highest BCUT2D eigenvalue weighted by Crippen LogP contribution is 2.31. The van der Waals surface area contributed by atoms with Crippen molar-refractivity contribution in [1.82, 2.24) is 20.4 Å². The molecule has 1 unspecified atom stereocenters. The second kappa shape index (κ2) is 6.40. The van der Waals surface area contributed by atoms with Gasteiger partial charge in [-0.1, -0.05) is 11.6 Å². The van der Waals surface area contributed by atoms with Gasteiger partial charge in [0.15, 0.2) is 0 Å². The van der Waals surface area contributed by atoms with E-state index in [1.165, 1.54) is 25.0 Å². The largest absolute Gasteiger partial charge is 0.365 e. The number of nitrogens with one attached hydrogen (secondary N) is 2. The Labute approximate surface area is 149 Å². The maximum absolute atomic E-state index is 13.5. The highest BCUT2D eigenvalue weighted by molar-refractivity contribution is 6.31. The highest BCUT2D eigenvalue weighted by Gasteiger charge is 2.30. The predicted octanol–water partition coefficient (Wildman–Crippen LogP) is 1.84. The fraction of sp³-hybridized carbons (Fsp3) is 0.412. The summed E-state index contributed by atoms with van der Waals surface area (Å²) in [7, 11) is 0. The number of halogens is 2. The van der Waals surface area contributed by atoms with Gasteiger partial charge in [0.2, 0.25) is 0 Å². The average molecular weight is 364 g/mol. The SMILES string of the molecule is NC(=O)c1c(-c2ccc(F)c(Cl)c2)nn2c1CNCC2CNC1CC1. The average Bonchev–Trinajstić information content (AvgIpc) is 3.32. The molecule has 1 fully saturated rings. The number of nitrogens with two attached hydrogens (primary N) is 1. The smallest absolute Gasteiger partial charge is 0.252 e. The third kappa shape index (κ3) is 3.15. The molecular weight excluding hydrogens is 345 g/mol. The molecule has 132 valence electrons. The summed E-state index contributed by atoms with van der Waals surface area (Å²) >= 11 is 5.89. The zero-order valence-electron chi connectivity index (χ0n) is 13.6. The van der Waals surface area contributed by atoms with Gasteiger partial charge in [-0.05, 0) is 31.0 Å². The van der Waals surface area contributed by atoms with E-state index in [0.717, 1.165) is 18.8 Å². The second-order valence-corrected chi connectivity index (χ2v) is 6.98. The molecule has 1 aliphatic carbocycles. The number of aromatic nitrogens is 2. The van der Waals surface area contributed by atoms with Crippen molar-refractivity contribution in [3.05, 3.63) is 40.3 Å². The summed E-state index contributed by atoms with van der Waals surface area (Å²) in [4.78, 5) is 12.1. The second-order valence-electron chi connectivity index (χ2n) is 6.58. The standard InChI is InChI=1S/C17H19ClFN5O/c18-12-5-9(1-4-13(12)19)16-15(17(20)25)14-8-21-6-11(24(14)23-16)7-22-10-2-3-10/h1,4-5,10-11,21-22H,2-3,6-8H2,(H2,20,25). The fourth-order valence-corrected chi connectivity index (χ4v) is 3.42. The summed E-state index contributed by atoms with van der Waals surface area (Å²) < 4.78 is 15.4. The first kappa shape index (κ1) is 16.5. The van der Waals surface area contributed by atoms with Gasteiger partial charge in [-0.25, -0.2) is 4.39 Å². The molecule has 1 atom stereocenters. The number of carbonyl (C=O) groups excluding carboxylic acids is 1. The summed E-state index contributed by atoms with van der Waals surface area (Å²) in [6.07, 6.45) is 2.41. The minimum atomic E-state index is -0.547. The maximum Gasteiger partial charge on any atom is 0.252 e. The van der Waals surface area contributed by atoms with Crippen molar-refractivity contribution in [2.75, 3.05) is 13.1 Å². The van der Waals surface area contributed by atoms with Crippen molar-refractivity contribution < 1.29 is 9.18 Å². The Morgan fingerprint density at radius 2 is 2.28 bits per heavy atom. The number of carbonyl (C=O) groups is 1. The number of nitrogens with zero attached hydrogens (tertiary/aromatic N) is 2. The molecule has 2 heterocycles. The van der Waals surface area contributed by atoms with E-state index in [1.54, 1.807) is 6.07 Å². The van der Waals surface area contributed by atoms with E-state index in [2.05, 4.69) is 15.7 Å². The zero-order valence-corrected chi connectivity index (χ0v) is 14.3. The van der Waals surface area contributed by atoms with Crippen LogP contribution in [0.2, 0.25) is 5.02 Å². The van der Waals surface area contributed by atoms with Crippen LogP contribution in [-0.4, -0.2) is 34.8 Å². The molecule has 2 aromatic rings. The molecule has 0 bridgehead atoms. The number of primary amides is 1. The quantitative estimate of drug-likeness (QED) is 0.756. The van der Waals surface area contributed by atoms with Gasteiger partial charge in [0.25, 0.3) is 5.91 Å². The lowest BCUT2D eigenvalue weighted by Crippen LogP contribution is -2.40. The normalized spacial score (nSPS) is 19.7. The van der Waals surface area contributed by atoms with Gasteiger partial charge in [-0.2, -0.15) is 5.10 Å². The molecule has 1 aromatic carbocycles. The predicted molar refractivity (Wildman–Crippen MR) is 92.9 cm³/mol. The molecule has 1 amide bonds. The number of amides is 1. The topological polar surface area (TPSA) is 85.0 Å². The molecule has 0 saturated heterocycles. The van der Waals surface area contributed by atoms with Crippen molar-refractivity contribution in [3.8, 4) is 11.3 Å². The van der Waals surface area contributed by atoms with Crippen LogP contribution in [0.1, 0.15) is 34.9 Å². The minimum Gasteiger partial charge on any atom is -0.365 e. The minimum absolute atomic E-state index is 0.0102. The Balaban J connectivity index is 1.76. The molecule has 2 aliphatic rings. The van der Waals surface area contributed by atoms with Crippen LogP contribution in [0.4, 0.5) is 4.39 Å². The Kier molecular flexibility index (Phi) is 4.23. The summed E-state index contributed by atoms with van der Waals surface area (Å²) in [6, 6.07) is 4.99. The van der Waals surface area contributed by atoms with Crippen LogP contribution in [0.5, 0.6) is 0 Å². The number of hydrogen-bond acceptors (Lipinski definition) is 4. The Morgan fingerprint density at radius 3 is 2.96 bits per heavy atom. The Bertz CT molecular complexity index is 833. The Hall–Kier alpha value is -1.96. The number of rotatable bonds is 5. The van der Waals surface area contributed by atoms with Gasteiger partial charge in [0.05, 0.1) is 22.3 Å². The highest BCUT2D eigenvalue weighted by atomic mass is 35.5. The van der Waals surface area contributed by atoms with Crippen LogP contribution in [0.25, 0.3) is 11.3 Å². The van der Waals surface area contributed by atoms with Crippen molar-refractivity contribution in [3.63, 3.8) is 0 Å². The number of benzene rings is 1. The molecule has 25 heavy (non-hydrogen) atoms. The van der Waals surface area contributed by atoms with Gasteiger partial charge in [0.1, 0.15) is 11.5 Å². The van der Waals surface area contributed by atoms with Crippen LogP contribution >= 0.6 is 11.6 Å². The molecule has 1 aromatic heterocycles. The summed E-state index contributed by atoms with van der Waals surface area (Å²) in [5.41, 5.74) is 7.78. The lowest BCUT2D eigenvalue weighted by Gasteiger charge is -2.26. The van der Waals surface area contributed by atoms with Gasteiger partial charge in [0, 0.05) is 31.2 Å².